The molecule has 1 N–H and O–H groups in total. The first-order chi connectivity index (χ1) is 8.58. The van der Waals surface area contributed by atoms with E-state index in [4.69, 9.17) is 11.6 Å². The summed E-state index contributed by atoms with van der Waals surface area (Å²) in [5, 5.41) is 13.9. The Morgan fingerprint density at radius 2 is 2.22 bits per heavy atom. The molecule has 0 radical (unpaired) electrons. The number of nitro benzene ring substituents is 1. The maximum Gasteiger partial charge on any atom is 0.282 e. The number of benzene rings is 1. The van der Waals surface area contributed by atoms with Crippen molar-refractivity contribution in [3.63, 3.8) is 0 Å². The summed E-state index contributed by atoms with van der Waals surface area (Å²) >= 11 is 5.76. The third kappa shape index (κ3) is 2.79. The summed E-state index contributed by atoms with van der Waals surface area (Å²) in [4.78, 5) is 22.1. The molecule has 1 amide bonds. The van der Waals surface area contributed by atoms with Crippen LogP contribution in [0, 0.1) is 16.0 Å². The molecule has 0 aromatic heterocycles. The molecule has 0 spiro atoms. The summed E-state index contributed by atoms with van der Waals surface area (Å²) in [6.45, 7) is 0.572. The fraction of sp³-hybridized carbons (Fsp3) is 0.417. The minimum absolute atomic E-state index is 0.0202. The Morgan fingerprint density at radius 3 is 2.78 bits per heavy atom. The zero-order chi connectivity index (χ0) is 13.1. The molecule has 1 aliphatic rings. The number of nitro groups is 1. The lowest BCUT2D eigenvalue weighted by Gasteiger charge is -2.25. The summed E-state index contributed by atoms with van der Waals surface area (Å²) in [5.74, 6) is 0.0725. The number of nitrogens with zero attached hydrogens (tertiary/aromatic N) is 1. The molecule has 0 unspecified atom stereocenters. The molecule has 1 aromatic carbocycles. The normalized spacial score (nSPS) is 14.9. The third-order valence-electron chi connectivity index (χ3n) is 3.18. The van der Waals surface area contributed by atoms with Crippen molar-refractivity contribution in [3.8, 4) is 0 Å². The lowest BCUT2D eigenvalue weighted by molar-refractivity contribution is -0.385. The van der Waals surface area contributed by atoms with Crippen LogP contribution in [0.5, 0.6) is 0 Å². The number of hydrogen-bond donors (Lipinski definition) is 1. The highest BCUT2D eigenvalue weighted by Gasteiger charge is 2.22. The van der Waals surface area contributed by atoms with Crippen LogP contribution >= 0.6 is 11.6 Å². The van der Waals surface area contributed by atoms with Crippen molar-refractivity contribution in [1.29, 1.82) is 0 Å². The molecule has 96 valence electrons. The molecular weight excluding hydrogens is 256 g/mol. The molecule has 5 nitrogen and oxygen atoms in total. The van der Waals surface area contributed by atoms with Gasteiger partial charge in [0, 0.05) is 17.6 Å². The molecule has 6 heteroatoms. The molecule has 0 aliphatic heterocycles. The maximum atomic E-state index is 11.9. The molecular formula is C12H13ClN2O3. The Hall–Kier alpha value is -1.62. The number of rotatable bonds is 4. The second kappa shape index (κ2) is 5.35. The van der Waals surface area contributed by atoms with Crippen LogP contribution in [-0.4, -0.2) is 17.4 Å². The Bertz CT molecular complexity index is 486. The van der Waals surface area contributed by atoms with Crippen LogP contribution in [0.2, 0.25) is 5.02 Å². The Labute approximate surface area is 109 Å². The number of carbonyl (C=O) groups is 1. The molecule has 1 aromatic rings. The van der Waals surface area contributed by atoms with Crippen LogP contribution < -0.4 is 5.32 Å². The topological polar surface area (TPSA) is 72.2 Å². The summed E-state index contributed by atoms with van der Waals surface area (Å²) in [5.41, 5.74) is -0.197. The van der Waals surface area contributed by atoms with Crippen LogP contribution in [0.4, 0.5) is 5.69 Å². The lowest BCUT2D eigenvalue weighted by atomic mass is 9.85. The molecule has 0 saturated heterocycles. The molecule has 1 saturated carbocycles. The highest BCUT2D eigenvalue weighted by Crippen LogP contribution is 2.26. The van der Waals surface area contributed by atoms with E-state index in [9.17, 15) is 14.9 Å². The molecule has 0 bridgehead atoms. The van der Waals surface area contributed by atoms with E-state index in [1.54, 1.807) is 0 Å². The SMILES string of the molecule is O=C(NCC1CCC1)c1cc(Cl)ccc1[N+](=O)[O-]. The van der Waals surface area contributed by atoms with Crippen LogP contribution in [0.3, 0.4) is 0 Å². The van der Waals surface area contributed by atoms with Gasteiger partial charge in [-0.05, 0) is 30.9 Å². The van der Waals surface area contributed by atoms with Crippen LogP contribution in [0.25, 0.3) is 0 Å². The number of carbonyl (C=O) groups excluding carboxylic acids is 1. The number of hydrogen-bond acceptors (Lipinski definition) is 3. The minimum Gasteiger partial charge on any atom is -0.352 e. The van der Waals surface area contributed by atoms with Crippen molar-refractivity contribution < 1.29 is 9.72 Å². The first-order valence-electron chi connectivity index (χ1n) is 5.80. The maximum absolute atomic E-state index is 11.9. The van der Waals surface area contributed by atoms with E-state index in [2.05, 4.69) is 5.32 Å². The molecule has 0 heterocycles. The number of amides is 1. The summed E-state index contributed by atoms with van der Waals surface area (Å²) < 4.78 is 0. The first kappa shape index (κ1) is 12.8. The van der Waals surface area contributed by atoms with Crippen LogP contribution in [0.1, 0.15) is 29.6 Å². The fourth-order valence-electron chi connectivity index (χ4n) is 1.88. The first-order valence-corrected chi connectivity index (χ1v) is 6.18. The van der Waals surface area contributed by atoms with Gasteiger partial charge >= 0.3 is 0 Å². The Balaban J connectivity index is 2.11. The van der Waals surface area contributed by atoms with E-state index in [0.29, 0.717) is 17.5 Å². The van der Waals surface area contributed by atoms with Gasteiger partial charge in [-0.2, -0.15) is 0 Å². The van der Waals surface area contributed by atoms with Crippen LogP contribution in [-0.2, 0) is 0 Å². The summed E-state index contributed by atoms with van der Waals surface area (Å²) in [6, 6.07) is 3.98. The number of halogens is 1. The summed E-state index contributed by atoms with van der Waals surface area (Å²) in [6.07, 6.45) is 3.41. The molecule has 18 heavy (non-hydrogen) atoms. The third-order valence-corrected chi connectivity index (χ3v) is 3.41. The van der Waals surface area contributed by atoms with Crippen molar-refractivity contribution in [1.82, 2.24) is 5.32 Å². The van der Waals surface area contributed by atoms with Gasteiger partial charge in [0.2, 0.25) is 0 Å². The predicted octanol–water partition coefficient (Wildman–Crippen LogP) is 2.78. The predicted molar refractivity (Wildman–Crippen MR) is 67.8 cm³/mol. The molecule has 1 fully saturated rings. The van der Waals surface area contributed by atoms with Gasteiger partial charge in [0.15, 0.2) is 0 Å². The average Bonchev–Trinajstić information content (AvgIpc) is 2.26. The van der Waals surface area contributed by atoms with Gasteiger partial charge in [0.05, 0.1) is 4.92 Å². The van der Waals surface area contributed by atoms with E-state index in [1.807, 2.05) is 0 Å². The van der Waals surface area contributed by atoms with Crippen LogP contribution in [0.15, 0.2) is 18.2 Å². The van der Waals surface area contributed by atoms with E-state index in [1.165, 1.54) is 24.6 Å². The van der Waals surface area contributed by atoms with Crippen molar-refractivity contribution >= 4 is 23.2 Å². The van der Waals surface area contributed by atoms with E-state index in [0.717, 1.165) is 12.8 Å². The second-order valence-corrected chi connectivity index (χ2v) is 4.86. The largest absolute Gasteiger partial charge is 0.352 e. The monoisotopic (exact) mass is 268 g/mol. The Morgan fingerprint density at radius 1 is 1.50 bits per heavy atom. The quantitative estimate of drug-likeness (QED) is 0.674. The molecule has 2 rings (SSSR count). The van der Waals surface area contributed by atoms with Gasteiger partial charge in [0.1, 0.15) is 5.56 Å². The van der Waals surface area contributed by atoms with Crippen molar-refractivity contribution in [3.05, 3.63) is 38.9 Å². The van der Waals surface area contributed by atoms with Gasteiger partial charge in [-0.25, -0.2) is 0 Å². The van der Waals surface area contributed by atoms with Gasteiger partial charge in [-0.1, -0.05) is 18.0 Å². The van der Waals surface area contributed by atoms with Gasteiger partial charge in [0.25, 0.3) is 11.6 Å². The van der Waals surface area contributed by atoms with E-state index < -0.39 is 10.8 Å². The van der Waals surface area contributed by atoms with Crippen molar-refractivity contribution in [2.24, 2.45) is 5.92 Å². The minimum atomic E-state index is -0.575. The zero-order valence-electron chi connectivity index (χ0n) is 9.69. The van der Waals surface area contributed by atoms with Crippen molar-refractivity contribution in [2.45, 2.75) is 19.3 Å². The van der Waals surface area contributed by atoms with E-state index in [-0.39, 0.29) is 11.3 Å². The second-order valence-electron chi connectivity index (χ2n) is 4.43. The highest BCUT2D eigenvalue weighted by molar-refractivity contribution is 6.31. The smallest absolute Gasteiger partial charge is 0.282 e. The van der Waals surface area contributed by atoms with Gasteiger partial charge in [-0.3, -0.25) is 14.9 Å². The Kier molecular flexibility index (Phi) is 3.81. The standard InChI is InChI=1S/C12H13ClN2O3/c13-9-4-5-11(15(17)18)10(6-9)12(16)14-7-8-2-1-3-8/h4-6,8H,1-3,7H2,(H,14,16). The van der Waals surface area contributed by atoms with Gasteiger partial charge < -0.3 is 5.32 Å². The van der Waals surface area contributed by atoms with Crippen molar-refractivity contribution in [2.75, 3.05) is 6.54 Å². The molecule has 1 aliphatic carbocycles. The highest BCUT2D eigenvalue weighted by atomic mass is 35.5. The average molecular weight is 269 g/mol. The van der Waals surface area contributed by atoms with Gasteiger partial charge in [-0.15, -0.1) is 0 Å². The number of nitrogens with one attached hydrogen (secondary N) is 1. The fourth-order valence-corrected chi connectivity index (χ4v) is 2.05. The molecule has 0 atom stereocenters. The zero-order valence-corrected chi connectivity index (χ0v) is 10.4. The summed E-state index contributed by atoms with van der Waals surface area (Å²) in [7, 11) is 0. The lowest BCUT2D eigenvalue weighted by Crippen LogP contribution is -2.32. The van der Waals surface area contributed by atoms with E-state index >= 15 is 0 Å².